The molecule has 0 radical (unpaired) electrons. The minimum absolute atomic E-state index is 0.0545. The number of aliphatic hydroxyl groups is 1. The molecule has 254 valence electrons. The second-order valence-electron chi connectivity index (χ2n) is 16.1. The van der Waals surface area contributed by atoms with Crippen LogP contribution in [0.25, 0.3) is 0 Å². The van der Waals surface area contributed by atoms with Gasteiger partial charge < -0.3 is 9.84 Å². The molecule has 5 unspecified atom stereocenters. The summed E-state index contributed by atoms with van der Waals surface area (Å²) in [6, 6.07) is 17.0. The Labute approximate surface area is 277 Å². The van der Waals surface area contributed by atoms with Gasteiger partial charge in [-0.25, -0.2) is 8.42 Å². The maximum absolute atomic E-state index is 13.9. The first-order valence-corrected chi connectivity index (χ1v) is 19.0. The first-order chi connectivity index (χ1) is 21.8. The van der Waals surface area contributed by atoms with Gasteiger partial charge in [0.2, 0.25) is 10.0 Å². The highest BCUT2D eigenvalue weighted by molar-refractivity contribution is 7.90. The Bertz CT molecular complexity index is 1420. The van der Waals surface area contributed by atoms with Gasteiger partial charge in [0.1, 0.15) is 12.5 Å². The number of hydrogen-bond donors (Lipinski definition) is 4. The third-order valence-electron chi connectivity index (χ3n) is 10.9. The summed E-state index contributed by atoms with van der Waals surface area (Å²) in [5, 5.41) is 18.2. The Morgan fingerprint density at radius 1 is 0.978 bits per heavy atom. The lowest BCUT2D eigenvalue weighted by Crippen LogP contribution is -2.64. The fourth-order valence-electron chi connectivity index (χ4n) is 8.77. The minimum Gasteiger partial charge on any atom is -0.389 e. The molecule has 2 saturated heterocycles. The van der Waals surface area contributed by atoms with Crippen molar-refractivity contribution in [2.45, 2.75) is 134 Å². The van der Waals surface area contributed by atoms with Crippen LogP contribution in [0.15, 0.2) is 48.5 Å². The van der Waals surface area contributed by atoms with Crippen molar-refractivity contribution in [3.05, 3.63) is 70.8 Å². The van der Waals surface area contributed by atoms with Crippen LogP contribution in [0.4, 0.5) is 0 Å². The van der Waals surface area contributed by atoms with Crippen molar-refractivity contribution in [2.75, 3.05) is 13.2 Å². The van der Waals surface area contributed by atoms with Gasteiger partial charge >= 0.3 is 0 Å². The van der Waals surface area contributed by atoms with Gasteiger partial charge in [0, 0.05) is 37.5 Å². The van der Waals surface area contributed by atoms with Gasteiger partial charge in [-0.3, -0.25) is 15.5 Å². The highest BCUT2D eigenvalue weighted by atomic mass is 32.2. The van der Waals surface area contributed by atoms with E-state index < -0.39 is 27.2 Å². The van der Waals surface area contributed by atoms with Gasteiger partial charge in [0.25, 0.3) is 0 Å². The molecule has 2 saturated carbocycles. The van der Waals surface area contributed by atoms with E-state index in [1.165, 1.54) is 22.3 Å². The number of nitrogens with zero attached hydrogens (tertiary/aromatic N) is 1. The summed E-state index contributed by atoms with van der Waals surface area (Å²) in [6.45, 7) is 12.5. The van der Waals surface area contributed by atoms with Crippen LogP contribution in [0.3, 0.4) is 0 Å². The number of nitrogens with one attached hydrogen (secondary N) is 3. The number of ether oxygens (including phenoxy) is 1. The maximum Gasteiger partial charge on any atom is 0.216 e. The van der Waals surface area contributed by atoms with E-state index in [1.807, 2.05) is 18.2 Å². The summed E-state index contributed by atoms with van der Waals surface area (Å²) < 4.78 is 37.6. The van der Waals surface area contributed by atoms with Crippen LogP contribution in [0.1, 0.15) is 100 Å². The second-order valence-corrected chi connectivity index (χ2v) is 18.1. The monoisotopic (exact) mass is 652 g/mol. The molecule has 46 heavy (non-hydrogen) atoms. The van der Waals surface area contributed by atoms with Gasteiger partial charge in [-0.1, -0.05) is 75.7 Å². The molecule has 0 aromatic heterocycles. The van der Waals surface area contributed by atoms with Crippen molar-refractivity contribution >= 4 is 10.0 Å². The zero-order chi connectivity index (χ0) is 32.7. The van der Waals surface area contributed by atoms with Gasteiger partial charge in [-0.05, 0) is 86.0 Å². The van der Waals surface area contributed by atoms with Crippen molar-refractivity contribution in [3.8, 4) is 0 Å². The van der Waals surface area contributed by atoms with Crippen LogP contribution in [-0.2, 0) is 21.2 Å². The fraction of sp³-hybridized carbons (Fsp3) is 0.676. The molecule has 8 nitrogen and oxygen atoms in total. The number of sulfonamides is 1. The first kappa shape index (κ1) is 34.0. The summed E-state index contributed by atoms with van der Waals surface area (Å²) in [6.07, 6.45) is 6.10. The number of hydrogen-bond acceptors (Lipinski definition) is 7. The Morgan fingerprint density at radius 3 is 2.39 bits per heavy atom. The molecule has 0 amide bonds. The number of benzene rings is 2. The molecule has 2 aliphatic carbocycles. The average molecular weight is 653 g/mol. The molecule has 9 heteroatoms. The van der Waals surface area contributed by atoms with E-state index in [9.17, 15) is 13.5 Å². The van der Waals surface area contributed by atoms with Crippen LogP contribution >= 0.6 is 0 Å². The zero-order valence-corrected chi connectivity index (χ0v) is 29.3. The second kappa shape index (κ2) is 13.6. The Balaban J connectivity index is 1.30. The Hall–Kier alpha value is -1.85. The Morgan fingerprint density at radius 2 is 1.70 bits per heavy atom. The number of aryl methyl sites for hydroxylation is 2. The molecule has 6 rings (SSSR count). The van der Waals surface area contributed by atoms with Crippen molar-refractivity contribution in [3.63, 3.8) is 0 Å². The van der Waals surface area contributed by atoms with Crippen LogP contribution in [0, 0.1) is 25.2 Å². The standard InChI is InChI=1S/C37H56N4O4S/c1-25-11-9-12-26(2)34(25)32-18-33-39-35(38-32)40-46(43,44)31-16-10-15-28(17-31)23-41(30(24-45-33)20-36(3,4)5)29-21-37(42,22-29)19-27-13-7-6-8-14-27/h6-9,11-14,28-33,35,38-40,42H,10,15-24H2,1-5H3/t28?,29?,30-,31?,32?,33?,35?,37?/m1/s1. The normalized spacial score (nSPS) is 35.7. The SMILES string of the molecule is Cc1cccc(C)c1C1CC2NC(N1)NS(=O)(=O)C1CCCC(C1)CN(C1CC(O)(Cc3ccccc3)C1)[C@H](CC(C)(C)C)CO2. The molecule has 2 aliphatic heterocycles. The topological polar surface area (TPSA) is 103 Å². The molecule has 4 fully saturated rings. The lowest BCUT2D eigenvalue weighted by Gasteiger charge is -2.53. The van der Waals surface area contributed by atoms with Crippen molar-refractivity contribution in [1.82, 2.24) is 20.3 Å². The molecule has 2 heterocycles. The van der Waals surface area contributed by atoms with Crippen molar-refractivity contribution in [2.24, 2.45) is 11.3 Å². The zero-order valence-electron chi connectivity index (χ0n) is 28.5. The van der Waals surface area contributed by atoms with Gasteiger partial charge in [0.15, 0.2) is 0 Å². The number of rotatable bonds is 5. The highest BCUT2D eigenvalue weighted by Crippen LogP contribution is 2.42. The third-order valence-corrected chi connectivity index (χ3v) is 12.7. The lowest BCUT2D eigenvalue weighted by molar-refractivity contribution is -0.123. The molecule has 2 aromatic carbocycles. The van der Waals surface area contributed by atoms with Crippen molar-refractivity contribution < 1.29 is 18.3 Å². The van der Waals surface area contributed by atoms with Gasteiger partial charge in [-0.15, -0.1) is 0 Å². The summed E-state index contributed by atoms with van der Waals surface area (Å²) >= 11 is 0. The van der Waals surface area contributed by atoms with E-state index in [4.69, 9.17) is 4.74 Å². The van der Waals surface area contributed by atoms with Crippen LogP contribution in [-0.4, -0.2) is 67.0 Å². The van der Waals surface area contributed by atoms with Gasteiger partial charge in [-0.2, -0.15) is 4.72 Å². The molecule has 0 spiro atoms. The predicted octanol–water partition coefficient (Wildman–Crippen LogP) is 5.29. The van der Waals surface area contributed by atoms with E-state index in [2.05, 4.69) is 85.2 Å². The average Bonchev–Trinajstić information content (AvgIpc) is 2.96. The van der Waals surface area contributed by atoms with E-state index >= 15 is 0 Å². The largest absolute Gasteiger partial charge is 0.389 e. The summed E-state index contributed by atoms with van der Waals surface area (Å²) in [7, 11) is -3.59. The fourth-order valence-corrected chi connectivity index (χ4v) is 10.4. The molecule has 6 atom stereocenters. The van der Waals surface area contributed by atoms with E-state index in [0.717, 1.165) is 38.6 Å². The third kappa shape index (κ3) is 8.05. The van der Waals surface area contributed by atoms with E-state index in [0.29, 0.717) is 32.3 Å². The smallest absolute Gasteiger partial charge is 0.216 e. The highest BCUT2D eigenvalue weighted by Gasteiger charge is 2.48. The van der Waals surface area contributed by atoms with Gasteiger partial charge in [0.05, 0.1) is 17.5 Å². The lowest BCUT2D eigenvalue weighted by atomic mass is 9.70. The molecule has 4 N–H and O–H groups in total. The molecule has 2 aromatic rings. The minimum atomic E-state index is -3.59. The van der Waals surface area contributed by atoms with E-state index in [-0.39, 0.29) is 35.7 Å². The van der Waals surface area contributed by atoms with Crippen LogP contribution in [0.2, 0.25) is 0 Å². The number of fused-ring (bicyclic) bond motifs is 4. The van der Waals surface area contributed by atoms with E-state index in [1.54, 1.807) is 0 Å². The molecular weight excluding hydrogens is 596 g/mol. The summed E-state index contributed by atoms with van der Waals surface area (Å²) in [4.78, 5) is 2.62. The Kier molecular flexibility index (Phi) is 10.0. The molecule has 4 bridgehead atoms. The predicted molar refractivity (Wildman–Crippen MR) is 184 cm³/mol. The van der Waals surface area contributed by atoms with Crippen LogP contribution < -0.4 is 15.4 Å². The summed E-state index contributed by atoms with van der Waals surface area (Å²) in [5.74, 6) is 0.282. The summed E-state index contributed by atoms with van der Waals surface area (Å²) in [5.41, 5.74) is 4.13. The quantitative estimate of drug-likeness (QED) is 0.348. The van der Waals surface area contributed by atoms with Crippen LogP contribution in [0.5, 0.6) is 0 Å². The molecular formula is C37H56N4O4S. The molecule has 4 aliphatic rings. The first-order valence-electron chi connectivity index (χ1n) is 17.5. The maximum atomic E-state index is 13.9. The van der Waals surface area contributed by atoms with Crippen molar-refractivity contribution in [1.29, 1.82) is 0 Å².